The lowest BCUT2D eigenvalue weighted by atomic mass is 9.95. The summed E-state index contributed by atoms with van der Waals surface area (Å²) in [6.07, 6.45) is 1.40. The van der Waals surface area contributed by atoms with Gasteiger partial charge in [0.2, 0.25) is 5.91 Å². The standard InChI is InChI=1S/C23H27BrN2O3/c1-17-3-9-21(10-4-17)29-16-15-25(2)22(27)19-11-13-26(14-12-19)23(28)18-5-7-20(24)8-6-18/h3-10,19H,11-16H2,1-2H3. The van der Waals surface area contributed by atoms with Crippen LogP contribution in [0, 0.1) is 12.8 Å². The summed E-state index contributed by atoms with van der Waals surface area (Å²) in [7, 11) is 1.82. The molecular weight excluding hydrogens is 432 g/mol. The zero-order valence-electron chi connectivity index (χ0n) is 16.9. The molecule has 0 N–H and O–H groups in total. The molecule has 1 fully saturated rings. The highest BCUT2D eigenvalue weighted by Gasteiger charge is 2.29. The summed E-state index contributed by atoms with van der Waals surface area (Å²) in [6, 6.07) is 15.3. The highest BCUT2D eigenvalue weighted by molar-refractivity contribution is 9.10. The second kappa shape index (κ2) is 9.92. The molecule has 0 aromatic heterocycles. The molecule has 2 aromatic rings. The van der Waals surface area contributed by atoms with E-state index in [0.717, 1.165) is 10.2 Å². The first-order chi connectivity index (χ1) is 13.9. The maximum Gasteiger partial charge on any atom is 0.253 e. The zero-order valence-corrected chi connectivity index (χ0v) is 18.5. The van der Waals surface area contributed by atoms with Crippen LogP contribution < -0.4 is 4.74 Å². The van der Waals surface area contributed by atoms with Gasteiger partial charge in [0.25, 0.3) is 5.91 Å². The molecular formula is C23H27BrN2O3. The quantitative estimate of drug-likeness (QED) is 0.653. The molecule has 0 atom stereocenters. The van der Waals surface area contributed by atoms with Gasteiger partial charge in [-0.25, -0.2) is 0 Å². The molecule has 0 radical (unpaired) electrons. The summed E-state index contributed by atoms with van der Waals surface area (Å²) in [4.78, 5) is 28.9. The summed E-state index contributed by atoms with van der Waals surface area (Å²) in [6.45, 7) is 4.27. The minimum absolute atomic E-state index is 0.0308. The van der Waals surface area contributed by atoms with Crippen LogP contribution in [-0.4, -0.2) is 54.9 Å². The number of benzene rings is 2. The molecule has 1 aliphatic heterocycles. The molecule has 1 saturated heterocycles. The van der Waals surface area contributed by atoms with Gasteiger partial charge in [-0.05, 0) is 56.2 Å². The number of aryl methyl sites for hydroxylation is 1. The SMILES string of the molecule is Cc1ccc(OCCN(C)C(=O)C2CCN(C(=O)c3ccc(Br)cc3)CC2)cc1. The van der Waals surface area contributed by atoms with E-state index in [0.29, 0.717) is 44.6 Å². The van der Waals surface area contributed by atoms with Gasteiger partial charge in [0, 0.05) is 36.1 Å². The summed E-state index contributed by atoms with van der Waals surface area (Å²) in [5, 5.41) is 0. The number of hydrogen-bond acceptors (Lipinski definition) is 3. The Morgan fingerprint density at radius 2 is 1.69 bits per heavy atom. The summed E-state index contributed by atoms with van der Waals surface area (Å²) < 4.78 is 6.68. The van der Waals surface area contributed by atoms with Crippen molar-refractivity contribution >= 4 is 27.7 Å². The molecule has 0 spiro atoms. The Balaban J connectivity index is 1.43. The van der Waals surface area contributed by atoms with Gasteiger partial charge in [-0.15, -0.1) is 0 Å². The molecule has 0 saturated carbocycles. The first kappa shape index (κ1) is 21.4. The maximum atomic E-state index is 12.7. The molecule has 2 amide bonds. The van der Waals surface area contributed by atoms with E-state index >= 15 is 0 Å². The Kier molecular flexibility index (Phi) is 7.31. The molecule has 3 rings (SSSR count). The van der Waals surface area contributed by atoms with Crippen molar-refractivity contribution in [2.75, 3.05) is 33.3 Å². The molecule has 29 heavy (non-hydrogen) atoms. The molecule has 6 heteroatoms. The fourth-order valence-corrected chi connectivity index (χ4v) is 3.73. The van der Waals surface area contributed by atoms with Gasteiger partial charge in [0.1, 0.15) is 12.4 Å². The van der Waals surface area contributed by atoms with Crippen LogP contribution in [0.4, 0.5) is 0 Å². The number of rotatable bonds is 6. The number of ether oxygens (including phenoxy) is 1. The smallest absolute Gasteiger partial charge is 0.253 e. The van der Waals surface area contributed by atoms with Crippen LogP contribution in [0.3, 0.4) is 0 Å². The lowest BCUT2D eigenvalue weighted by Crippen LogP contribution is -2.44. The van der Waals surface area contributed by atoms with E-state index in [1.54, 1.807) is 4.90 Å². The number of piperidine rings is 1. The monoisotopic (exact) mass is 458 g/mol. The molecule has 0 aliphatic carbocycles. The van der Waals surface area contributed by atoms with Crippen LogP contribution in [0.1, 0.15) is 28.8 Å². The normalized spacial score (nSPS) is 14.5. The Morgan fingerprint density at radius 1 is 1.07 bits per heavy atom. The number of nitrogens with zero attached hydrogens (tertiary/aromatic N) is 2. The van der Waals surface area contributed by atoms with Gasteiger partial charge in [0.15, 0.2) is 0 Å². The first-order valence-corrected chi connectivity index (χ1v) is 10.7. The fourth-order valence-electron chi connectivity index (χ4n) is 3.46. The summed E-state index contributed by atoms with van der Waals surface area (Å²) in [5.41, 5.74) is 1.87. The van der Waals surface area contributed by atoms with Crippen molar-refractivity contribution in [3.05, 3.63) is 64.1 Å². The number of hydrogen-bond donors (Lipinski definition) is 0. The molecule has 2 aromatic carbocycles. The Morgan fingerprint density at radius 3 is 2.31 bits per heavy atom. The minimum atomic E-state index is -0.0339. The van der Waals surface area contributed by atoms with Crippen molar-refractivity contribution in [3.8, 4) is 5.75 Å². The number of carbonyl (C=O) groups excluding carboxylic acids is 2. The average Bonchev–Trinajstić information content (AvgIpc) is 2.74. The van der Waals surface area contributed by atoms with Gasteiger partial charge in [0.05, 0.1) is 6.54 Å². The van der Waals surface area contributed by atoms with Crippen molar-refractivity contribution in [2.45, 2.75) is 19.8 Å². The van der Waals surface area contributed by atoms with Crippen molar-refractivity contribution in [1.29, 1.82) is 0 Å². The number of halogens is 1. The summed E-state index contributed by atoms with van der Waals surface area (Å²) >= 11 is 3.39. The van der Waals surface area contributed by atoms with E-state index in [-0.39, 0.29) is 17.7 Å². The minimum Gasteiger partial charge on any atom is -0.492 e. The van der Waals surface area contributed by atoms with Crippen LogP contribution in [0.2, 0.25) is 0 Å². The largest absolute Gasteiger partial charge is 0.492 e. The fraction of sp³-hybridized carbons (Fsp3) is 0.391. The van der Waals surface area contributed by atoms with Crippen molar-refractivity contribution < 1.29 is 14.3 Å². The van der Waals surface area contributed by atoms with Gasteiger partial charge in [-0.3, -0.25) is 9.59 Å². The maximum absolute atomic E-state index is 12.7. The third-order valence-electron chi connectivity index (χ3n) is 5.32. The van der Waals surface area contributed by atoms with Crippen molar-refractivity contribution in [1.82, 2.24) is 9.80 Å². The van der Waals surface area contributed by atoms with Gasteiger partial charge >= 0.3 is 0 Å². The Labute approximate surface area is 180 Å². The van der Waals surface area contributed by atoms with E-state index in [1.807, 2.05) is 67.4 Å². The number of amides is 2. The van der Waals surface area contributed by atoms with Crippen LogP contribution in [0.25, 0.3) is 0 Å². The van der Waals surface area contributed by atoms with Gasteiger partial charge < -0.3 is 14.5 Å². The first-order valence-electron chi connectivity index (χ1n) is 9.93. The average molecular weight is 459 g/mol. The lowest BCUT2D eigenvalue weighted by molar-refractivity contribution is -0.135. The molecule has 1 heterocycles. The molecule has 0 bridgehead atoms. The number of carbonyl (C=O) groups is 2. The van der Waals surface area contributed by atoms with E-state index in [2.05, 4.69) is 15.9 Å². The lowest BCUT2D eigenvalue weighted by Gasteiger charge is -2.33. The second-order valence-corrected chi connectivity index (χ2v) is 8.41. The van der Waals surface area contributed by atoms with Crippen LogP contribution in [-0.2, 0) is 4.79 Å². The number of likely N-dealkylation sites (N-methyl/N-ethyl adjacent to an activating group) is 1. The van der Waals surface area contributed by atoms with Gasteiger partial charge in [-0.1, -0.05) is 33.6 Å². The third-order valence-corrected chi connectivity index (χ3v) is 5.84. The topological polar surface area (TPSA) is 49.9 Å². The Bertz CT molecular complexity index is 828. The van der Waals surface area contributed by atoms with E-state index in [1.165, 1.54) is 5.56 Å². The van der Waals surface area contributed by atoms with Crippen molar-refractivity contribution in [2.24, 2.45) is 5.92 Å². The highest BCUT2D eigenvalue weighted by atomic mass is 79.9. The van der Waals surface area contributed by atoms with Crippen LogP contribution >= 0.6 is 15.9 Å². The number of likely N-dealkylation sites (tertiary alicyclic amines) is 1. The van der Waals surface area contributed by atoms with E-state index < -0.39 is 0 Å². The summed E-state index contributed by atoms with van der Waals surface area (Å²) in [5.74, 6) is 0.945. The van der Waals surface area contributed by atoms with E-state index in [4.69, 9.17) is 4.74 Å². The van der Waals surface area contributed by atoms with Crippen LogP contribution in [0.5, 0.6) is 5.75 Å². The third kappa shape index (κ3) is 5.82. The second-order valence-electron chi connectivity index (χ2n) is 7.49. The Hall–Kier alpha value is -2.34. The highest BCUT2D eigenvalue weighted by Crippen LogP contribution is 2.22. The van der Waals surface area contributed by atoms with E-state index in [9.17, 15) is 9.59 Å². The van der Waals surface area contributed by atoms with Crippen LogP contribution in [0.15, 0.2) is 53.0 Å². The molecule has 154 valence electrons. The van der Waals surface area contributed by atoms with Gasteiger partial charge in [-0.2, -0.15) is 0 Å². The molecule has 1 aliphatic rings. The predicted molar refractivity (Wildman–Crippen MR) is 117 cm³/mol. The molecule has 5 nitrogen and oxygen atoms in total. The zero-order chi connectivity index (χ0) is 20.8. The molecule has 0 unspecified atom stereocenters. The van der Waals surface area contributed by atoms with Crippen molar-refractivity contribution in [3.63, 3.8) is 0 Å². The predicted octanol–water partition coefficient (Wildman–Crippen LogP) is 4.15.